The van der Waals surface area contributed by atoms with Crippen molar-refractivity contribution < 1.29 is 0 Å². The second-order valence-electron chi connectivity index (χ2n) is 16.1. The molecule has 14 rings (SSSR count). The van der Waals surface area contributed by atoms with Gasteiger partial charge in [-0.1, -0.05) is 122 Å². The van der Waals surface area contributed by atoms with E-state index in [9.17, 15) is 0 Å². The molecule has 0 aliphatic heterocycles. The summed E-state index contributed by atoms with van der Waals surface area (Å²) in [6.45, 7) is 6.24. The molecule has 0 aliphatic rings. The zero-order valence-corrected chi connectivity index (χ0v) is 32.2. The first-order valence-corrected chi connectivity index (χ1v) is 20.4. The minimum absolute atomic E-state index is 1.15. The van der Waals surface area contributed by atoms with Crippen LogP contribution in [0.5, 0.6) is 0 Å². The predicted octanol–water partition coefficient (Wildman–Crippen LogP) is 14.5. The molecule has 6 heterocycles. The molecule has 0 bridgehead atoms. The van der Waals surface area contributed by atoms with E-state index in [1.165, 1.54) is 126 Å². The van der Waals surface area contributed by atoms with Crippen molar-refractivity contribution in [3.8, 4) is 11.4 Å². The Kier molecular flexibility index (Phi) is 5.82. The molecular formula is C55H34N4. The van der Waals surface area contributed by atoms with Gasteiger partial charge in [0.05, 0.1) is 49.7 Å². The van der Waals surface area contributed by atoms with Crippen molar-refractivity contribution in [2.24, 2.45) is 0 Å². The highest BCUT2D eigenvalue weighted by molar-refractivity contribution is 6.34. The summed E-state index contributed by atoms with van der Waals surface area (Å²) in [5.74, 6) is 0. The standard InChI is InChI=1S/C55H34N4/c1-3-4-24-44-32(2)35-26-28-46-50(54(35)56(44)33-15-7-5-8-16-33)40-22-13-20-37-42-31-49-43(30-48(42)58(46)52(37)40)38-21-14-23-41-51-47(59(49)53(38)41)29-27-39-36-19-11-12-25-45(36)57(55(39)51)34-17-9-6-10-18-34/h3-31H,1H2,2H3/b24-4-. The van der Waals surface area contributed by atoms with Crippen LogP contribution in [0.2, 0.25) is 0 Å². The molecule has 4 heteroatoms. The number of hydrogen-bond donors (Lipinski definition) is 0. The first kappa shape index (κ1) is 31.3. The van der Waals surface area contributed by atoms with Crippen LogP contribution in [-0.2, 0) is 0 Å². The van der Waals surface area contributed by atoms with Crippen LogP contribution in [-0.4, -0.2) is 17.9 Å². The molecule has 4 nitrogen and oxygen atoms in total. The molecule has 0 radical (unpaired) electrons. The number of rotatable bonds is 4. The highest BCUT2D eigenvalue weighted by Crippen LogP contribution is 2.48. The normalized spacial score (nSPS) is 12.8. The molecule has 59 heavy (non-hydrogen) atoms. The van der Waals surface area contributed by atoms with Gasteiger partial charge in [0, 0.05) is 76.3 Å². The van der Waals surface area contributed by atoms with Crippen LogP contribution in [0, 0.1) is 6.92 Å². The third kappa shape index (κ3) is 3.71. The number of para-hydroxylation sites is 5. The van der Waals surface area contributed by atoms with E-state index in [0.29, 0.717) is 0 Å². The Balaban J connectivity index is 1.13. The predicted molar refractivity (Wildman–Crippen MR) is 251 cm³/mol. The van der Waals surface area contributed by atoms with Crippen molar-refractivity contribution in [3.05, 3.63) is 188 Å². The SMILES string of the molecule is C=C/C=C\c1c(C)c2ccc3c(c4cccc5c6cc7c(cc6n3c54)c3cccc4c5c6c(ccc5n7c34)c3ccccc3n6-c3ccccc3)c2n1-c1ccccc1. The second kappa shape index (κ2) is 11.0. The Morgan fingerprint density at radius 2 is 0.881 bits per heavy atom. The highest BCUT2D eigenvalue weighted by atomic mass is 15.0. The molecule has 6 aromatic heterocycles. The maximum atomic E-state index is 3.99. The lowest BCUT2D eigenvalue weighted by Crippen LogP contribution is -1.97. The zero-order chi connectivity index (χ0) is 38.7. The molecule has 274 valence electrons. The summed E-state index contributed by atoms with van der Waals surface area (Å²) in [4.78, 5) is 0. The third-order valence-electron chi connectivity index (χ3n) is 13.4. The average Bonchev–Trinajstić information content (AvgIpc) is 4.11. The van der Waals surface area contributed by atoms with E-state index >= 15 is 0 Å². The van der Waals surface area contributed by atoms with Crippen molar-refractivity contribution >= 4 is 115 Å². The van der Waals surface area contributed by atoms with E-state index in [0.717, 1.165) is 5.69 Å². The van der Waals surface area contributed by atoms with Crippen LogP contribution >= 0.6 is 0 Å². The van der Waals surface area contributed by atoms with Gasteiger partial charge in [0.25, 0.3) is 0 Å². The Hall–Kier alpha value is -7.82. The van der Waals surface area contributed by atoms with Crippen molar-refractivity contribution in [2.75, 3.05) is 0 Å². The van der Waals surface area contributed by atoms with Crippen LogP contribution in [0.15, 0.2) is 176 Å². The number of aromatic nitrogens is 4. The van der Waals surface area contributed by atoms with Crippen LogP contribution in [0.1, 0.15) is 11.3 Å². The molecule has 8 aromatic carbocycles. The van der Waals surface area contributed by atoms with Crippen LogP contribution < -0.4 is 0 Å². The van der Waals surface area contributed by atoms with E-state index in [4.69, 9.17) is 0 Å². The third-order valence-corrected chi connectivity index (χ3v) is 13.4. The molecule has 0 fully saturated rings. The summed E-state index contributed by atoms with van der Waals surface area (Å²) >= 11 is 0. The van der Waals surface area contributed by atoms with Gasteiger partial charge in [-0.3, -0.25) is 0 Å². The maximum Gasteiger partial charge on any atom is 0.0641 e. The summed E-state index contributed by atoms with van der Waals surface area (Å²) < 4.78 is 10.0. The second-order valence-corrected chi connectivity index (χ2v) is 16.1. The number of fused-ring (bicyclic) bond motifs is 18. The van der Waals surface area contributed by atoms with Gasteiger partial charge in [-0.15, -0.1) is 0 Å². The highest BCUT2D eigenvalue weighted by Gasteiger charge is 2.26. The van der Waals surface area contributed by atoms with Crippen molar-refractivity contribution in [1.29, 1.82) is 0 Å². The zero-order valence-electron chi connectivity index (χ0n) is 32.2. The van der Waals surface area contributed by atoms with Crippen molar-refractivity contribution in [2.45, 2.75) is 6.92 Å². The lowest BCUT2D eigenvalue weighted by Gasteiger charge is -2.10. The lowest BCUT2D eigenvalue weighted by atomic mass is 10.0. The molecule has 14 aromatic rings. The molecular weight excluding hydrogens is 717 g/mol. The number of nitrogens with zero attached hydrogens (tertiary/aromatic N) is 4. The Morgan fingerprint density at radius 1 is 0.390 bits per heavy atom. The van der Waals surface area contributed by atoms with Gasteiger partial charge in [-0.25, -0.2) is 0 Å². The smallest absolute Gasteiger partial charge is 0.0641 e. The summed E-state index contributed by atoms with van der Waals surface area (Å²) in [6, 6.07) is 58.6. The fourth-order valence-electron chi connectivity index (χ4n) is 11.1. The van der Waals surface area contributed by atoms with Crippen molar-refractivity contribution in [1.82, 2.24) is 17.9 Å². The van der Waals surface area contributed by atoms with Crippen LogP contribution in [0.4, 0.5) is 0 Å². The van der Waals surface area contributed by atoms with Crippen LogP contribution in [0.25, 0.3) is 126 Å². The van der Waals surface area contributed by atoms with Gasteiger partial charge in [-0.05, 0) is 73.2 Å². The van der Waals surface area contributed by atoms with E-state index in [-0.39, 0.29) is 0 Å². The van der Waals surface area contributed by atoms with Gasteiger partial charge in [0.2, 0.25) is 0 Å². The van der Waals surface area contributed by atoms with E-state index < -0.39 is 0 Å². The molecule has 0 saturated carbocycles. The van der Waals surface area contributed by atoms with Gasteiger partial charge >= 0.3 is 0 Å². The molecule has 0 unspecified atom stereocenters. The van der Waals surface area contributed by atoms with E-state index in [2.05, 4.69) is 195 Å². The summed E-state index contributed by atoms with van der Waals surface area (Å²) in [7, 11) is 0. The number of allylic oxidation sites excluding steroid dienone is 2. The Bertz CT molecular complexity index is 4130. The van der Waals surface area contributed by atoms with Crippen LogP contribution in [0.3, 0.4) is 0 Å². The van der Waals surface area contributed by atoms with Crippen molar-refractivity contribution in [3.63, 3.8) is 0 Å². The fraction of sp³-hybridized carbons (Fsp3) is 0.0182. The Labute approximate surface area is 337 Å². The summed E-state index contributed by atoms with van der Waals surface area (Å²) in [6.07, 6.45) is 6.10. The molecule has 0 saturated heterocycles. The molecule has 0 atom stereocenters. The summed E-state index contributed by atoms with van der Waals surface area (Å²) in [5, 5.41) is 14.1. The maximum absolute atomic E-state index is 3.99. The number of hydrogen-bond acceptors (Lipinski definition) is 0. The fourth-order valence-corrected chi connectivity index (χ4v) is 11.1. The molecule has 0 aliphatic carbocycles. The monoisotopic (exact) mass is 750 g/mol. The minimum atomic E-state index is 1.15. The first-order chi connectivity index (χ1) is 29.2. The largest absolute Gasteiger partial charge is 0.309 e. The molecule has 0 spiro atoms. The number of benzene rings is 8. The minimum Gasteiger partial charge on any atom is -0.309 e. The lowest BCUT2D eigenvalue weighted by molar-refractivity contribution is 1.10. The van der Waals surface area contributed by atoms with Gasteiger partial charge < -0.3 is 17.9 Å². The Morgan fingerprint density at radius 3 is 1.49 bits per heavy atom. The van der Waals surface area contributed by atoms with E-state index in [1.54, 1.807) is 0 Å². The number of aryl methyl sites for hydroxylation is 1. The average molecular weight is 751 g/mol. The van der Waals surface area contributed by atoms with E-state index in [1.807, 2.05) is 12.2 Å². The van der Waals surface area contributed by atoms with Gasteiger partial charge in [-0.2, -0.15) is 0 Å². The topological polar surface area (TPSA) is 18.7 Å². The summed E-state index contributed by atoms with van der Waals surface area (Å²) in [5.41, 5.74) is 16.0. The van der Waals surface area contributed by atoms with Gasteiger partial charge in [0.1, 0.15) is 0 Å². The first-order valence-electron chi connectivity index (χ1n) is 20.4. The molecule has 0 N–H and O–H groups in total. The molecule has 0 amide bonds. The quantitative estimate of drug-likeness (QED) is 0.160. The van der Waals surface area contributed by atoms with Gasteiger partial charge in [0.15, 0.2) is 0 Å².